The molecule has 0 spiro atoms. The standard InChI is InChI=1S/C19H21N5O3/c1-26-12-17-21-18-8-7-14(11-24(18)22-17)20-19(25)10-15-9-16(27-23-15)13-5-3-2-4-6-13/h2-6,9,14H,7-8,10-12H2,1H3,(H,20,25). The average Bonchev–Trinajstić information content (AvgIpc) is 3.29. The van der Waals surface area contributed by atoms with Crippen LogP contribution in [0.4, 0.5) is 0 Å². The van der Waals surface area contributed by atoms with Gasteiger partial charge in [-0.2, -0.15) is 5.10 Å². The predicted octanol–water partition coefficient (Wildman–Crippen LogP) is 1.75. The summed E-state index contributed by atoms with van der Waals surface area (Å²) < 4.78 is 12.3. The second kappa shape index (κ2) is 7.71. The molecule has 1 N–H and O–H groups in total. The van der Waals surface area contributed by atoms with Crippen LogP contribution in [-0.4, -0.2) is 39.0 Å². The van der Waals surface area contributed by atoms with E-state index in [1.165, 1.54) is 0 Å². The van der Waals surface area contributed by atoms with Crippen molar-refractivity contribution in [3.63, 3.8) is 0 Å². The Morgan fingerprint density at radius 3 is 3.04 bits per heavy atom. The quantitative estimate of drug-likeness (QED) is 0.713. The summed E-state index contributed by atoms with van der Waals surface area (Å²) in [5.41, 5.74) is 1.56. The molecule has 1 atom stereocenters. The number of hydrogen-bond donors (Lipinski definition) is 1. The Labute approximate surface area is 156 Å². The summed E-state index contributed by atoms with van der Waals surface area (Å²) >= 11 is 0. The van der Waals surface area contributed by atoms with E-state index in [1.54, 1.807) is 7.11 Å². The van der Waals surface area contributed by atoms with Crippen molar-refractivity contribution >= 4 is 5.91 Å². The second-order valence-electron chi connectivity index (χ2n) is 6.59. The molecule has 140 valence electrons. The van der Waals surface area contributed by atoms with Gasteiger partial charge in [0.05, 0.1) is 18.7 Å². The number of amides is 1. The highest BCUT2D eigenvalue weighted by molar-refractivity contribution is 5.78. The number of rotatable bonds is 6. The van der Waals surface area contributed by atoms with Gasteiger partial charge in [-0.25, -0.2) is 9.67 Å². The normalized spacial score (nSPS) is 16.1. The Morgan fingerprint density at radius 1 is 1.37 bits per heavy atom. The summed E-state index contributed by atoms with van der Waals surface area (Å²) in [5, 5.41) is 11.5. The van der Waals surface area contributed by atoms with Crippen molar-refractivity contribution < 1.29 is 14.1 Å². The molecule has 1 amide bonds. The molecule has 8 heteroatoms. The maximum absolute atomic E-state index is 12.4. The molecule has 1 unspecified atom stereocenters. The SMILES string of the molecule is COCc1nc2n(n1)CC(NC(=O)Cc1cc(-c3ccccc3)on1)CC2. The van der Waals surface area contributed by atoms with Crippen LogP contribution in [0.25, 0.3) is 11.3 Å². The largest absolute Gasteiger partial charge is 0.377 e. The number of fused-ring (bicyclic) bond motifs is 1. The molecule has 3 aromatic rings. The molecule has 4 rings (SSSR count). The highest BCUT2D eigenvalue weighted by atomic mass is 16.5. The van der Waals surface area contributed by atoms with E-state index in [0.29, 0.717) is 30.4 Å². The summed E-state index contributed by atoms with van der Waals surface area (Å²) in [4.78, 5) is 16.8. The van der Waals surface area contributed by atoms with Crippen LogP contribution in [-0.2, 0) is 35.5 Å². The van der Waals surface area contributed by atoms with Gasteiger partial charge in [0.1, 0.15) is 12.4 Å². The van der Waals surface area contributed by atoms with Gasteiger partial charge in [0.2, 0.25) is 5.91 Å². The minimum Gasteiger partial charge on any atom is -0.377 e. The Balaban J connectivity index is 1.34. The van der Waals surface area contributed by atoms with Crippen LogP contribution < -0.4 is 5.32 Å². The van der Waals surface area contributed by atoms with E-state index in [9.17, 15) is 4.79 Å². The fourth-order valence-electron chi connectivity index (χ4n) is 3.25. The number of carbonyl (C=O) groups is 1. The van der Waals surface area contributed by atoms with E-state index in [1.807, 2.05) is 41.1 Å². The molecule has 1 aromatic carbocycles. The molecule has 3 heterocycles. The topological polar surface area (TPSA) is 95.1 Å². The number of nitrogens with zero attached hydrogens (tertiary/aromatic N) is 4. The summed E-state index contributed by atoms with van der Waals surface area (Å²) in [5.74, 6) is 2.20. The van der Waals surface area contributed by atoms with Gasteiger partial charge >= 0.3 is 0 Å². The molecule has 27 heavy (non-hydrogen) atoms. The summed E-state index contributed by atoms with van der Waals surface area (Å²) in [6.45, 7) is 1.01. The first-order valence-corrected chi connectivity index (χ1v) is 8.93. The molecule has 2 aromatic heterocycles. The minimum atomic E-state index is -0.0754. The first kappa shape index (κ1) is 17.4. The van der Waals surface area contributed by atoms with Crippen LogP contribution in [0.3, 0.4) is 0 Å². The van der Waals surface area contributed by atoms with Gasteiger partial charge in [0, 0.05) is 31.2 Å². The van der Waals surface area contributed by atoms with Gasteiger partial charge in [0.15, 0.2) is 11.6 Å². The van der Waals surface area contributed by atoms with Crippen molar-refractivity contribution in [2.45, 2.75) is 38.5 Å². The van der Waals surface area contributed by atoms with E-state index in [0.717, 1.165) is 24.2 Å². The molecule has 1 aliphatic heterocycles. The van der Waals surface area contributed by atoms with Crippen molar-refractivity contribution in [3.05, 3.63) is 53.7 Å². The molecule has 8 nitrogen and oxygen atoms in total. The Kier molecular flexibility index (Phi) is 4.97. The molecule has 0 radical (unpaired) electrons. The third-order valence-corrected chi connectivity index (χ3v) is 4.50. The van der Waals surface area contributed by atoms with Gasteiger partial charge in [-0.3, -0.25) is 4.79 Å². The lowest BCUT2D eigenvalue weighted by molar-refractivity contribution is -0.121. The third-order valence-electron chi connectivity index (χ3n) is 4.50. The maximum Gasteiger partial charge on any atom is 0.226 e. The van der Waals surface area contributed by atoms with Gasteiger partial charge in [-0.1, -0.05) is 35.5 Å². The van der Waals surface area contributed by atoms with Crippen LogP contribution in [0.1, 0.15) is 23.8 Å². The smallest absolute Gasteiger partial charge is 0.226 e. The predicted molar refractivity (Wildman–Crippen MR) is 96.6 cm³/mol. The minimum absolute atomic E-state index is 0.0302. The van der Waals surface area contributed by atoms with Gasteiger partial charge in [-0.15, -0.1) is 0 Å². The van der Waals surface area contributed by atoms with E-state index in [2.05, 4.69) is 20.6 Å². The Hall–Kier alpha value is -3.00. The average molecular weight is 367 g/mol. The number of ether oxygens (including phenoxy) is 1. The van der Waals surface area contributed by atoms with Crippen molar-refractivity contribution in [1.82, 2.24) is 25.2 Å². The number of nitrogens with one attached hydrogen (secondary N) is 1. The summed E-state index contributed by atoms with van der Waals surface area (Å²) in [6.07, 6.45) is 1.81. The number of aromatic nitrogens is 4. The van der Waals surface area contributed by atoms with Crippen LogP contribution >= 0.6 is 0 Å². The molecule has 1 aliphatic rings. The number of methoxy groups -OCH3 is 1. The van der Waals surface area contributed by atoms with E-state index < -0.39 is 0 Å². The molecule has 0 bridgehead atoms. The second-order valence-corrected chi connectivity index (χ2v) is 6.59. The highest BCUT2D eigenvalue weighted by Gasteiger charge is 2.23. The molecular formula is C19H21N5O3. The lowest BCUT2D eigenvalue weighted by Crippen LogP contribution is -2.42. The van der Waals surface area contributed by atoms with Crippen LogP contribution in [0.5, 0.6) is 0 Å². The monoisotopic (exact) mass is 367 g/mol. The zero-order valence-corrected chi connectivity index (χ0v) is 15.1. The first-order chi connectivity index (χ1) is 13.2. The number of carbonyl (C=O) groups excluding carboxylic acids is 1. The lowest BCUT2D eigenvalue weighted by atomic mass is 10.1. The fraction of sp³-hybridized carbons (Fsp3) is 0.368. The molecule has 0 saturated heterocycles. The van der Waals surface area contributed by atoms with Crippen molar-refractivity contribution in [2.24, 2.45) is 0 Å². The van der Waals surface area contributed by atoms with Crippen molar-refractivity contribution in [2.75, 3.05) is 7.11 Å². The molecule has 0 saturated carbocycles. The van der Waals surface area contributed by atoms with E-state index in [-0.39, 0.29) is 18.4 Å². The first-order valence-electron chi connectivity index (χ1n) is 8.93. The lowest BCUT2D eigenvalue weighted by Gasteiger charge is -2.23. The molecular weight excluding hydrogens is 346 g/mol. The van der Waals surface area contributed by atoms with Crippen molar-refractivity contribution in [3.8, 4) is 11.3 Å². The summed E-state index contributed by atoms with van der Waals surface area (Å²) in [6, 6.07) is 11.5. The van der Waals surface area contributed by atoms with Gasteiger partial charge in [-0.05, 0) is 6.42 Å². The van der Waals surface area contributed by atoms with Gasteiger partial charge in [0.25, 0.3) is 0 Å². The zero-order chi connectivity index (χ0) is 18.6. The van der Waals surface area contributed by atoms with E-state index in [4.69, 9.17) is 9.26 Å². The fourth-order valence-corrected chi connectivity index (χ4v) is 3.25. The third kappa shape index (κ3) is 4.06. The van der Waals surface area contributed by atoms with Crippen LogP contribution in [0.2, 0.25) is 0 Å². The van der Waals surface area contributed by atoms with Crippen molar-refractivity contribution in [1.29, 1.82) is 0 Å². The number of benzene rings is 1. The Bertz CT molecular complexity index is 919. The van der Waals surface area contributed by atoms with E-state index >= 15 is 0 Å². The van der Waals surface area contributed by atoms with Crippen LogP contribution in [0.15, 0.2) is 40.9 Å². The molecule has 0 fully saturated rings. The maximum atomic E-state index is 12.4. The molecule has 0 aliphatic carbocycles. The highest BCUT2D eigenvalue weighted by Crippen LogP contribution is 2.20. The Morgan fingerprint density at radius 2 is 2.22 bits per heavy atom. The van der Waals surface area contributed by atoms with Gasteiger partial charge < -0.3 is 14.6 Å². The summed E-state index contributed by atoms with van der Waals surface area (Å²) in [7, 11) is 1.62. The zero-order valence-electron chi connectivity index (χ0n) is 15.1. The number of hydrogen-bond acceptors (Lipinski definition) is 6. The van der Waals surface area contributed by atoms with Crippen LogP contribution in [0, 0.1) is 0 Å². The number of aryl methyl sites for hydroxylation is 1.